The number of ether oxygens (including phenoxy) is 1. The number of aromatic nitrogens is 3. The first-order valence-corrected chi connectivity index (χ1v) is 14.0. The van der Waals surface area contributed by atoms with Crippen molar-refractivity contribution in [3.8, 4) is 0 Å². The van der Waals surface area contributed by atoms with Crippen molar-refractivity contribution in [1.82, 2.24) is 19.4 Å². The lowest BCUT2D eigenvalue weighted by Crippen LogP contribution is -2.36. The van der Waals surface area contributed by atoms with Gasteiger partial charge in [-0.2, -0.15) is 0 Å². The average molecular weight is 525 g/mol. The fraction of sp³-hybridized carbons (Fsp3) is 0.633. The fourth-order valence-electron chi connectivity index (χ4n) is 5.30. The Morgan fingerprint density at radius 1 is 1.05 bits per heavy atom. The van der Waals surface area contributed by atoms with E-state index in [1.54, 1.807) is 0 Å². The van der Waals surface area contributed by atoms with Crippen molar-refractivity contribution in [3.05, 3.63) is 30.1 Å². The number of carbonyl (C=O) groups excluding carboxylic acids is 1. The summed E-state index contributed by atoms with van der Waals surface area (Å²) in [5, 5.41) is 1.12. The van der Waals surface area contributed by atoms with Gasteiger partial charge in [0.05, 0.1) is 24.2 Å². The lowest BCUT2D eigenvalue weighted by atomic mass is 9.89. The minimum Gasteiger partial charge on any atom is -0.382 e. The maximum absolute atomic E-state index is 11.3. The zero-order valence-electron chi connectivity index (χ0n) is 24.3. The Bertz CT molecular complexity index is 1220. The molecule has 3 aromatic rings. The maximum Gasteiger partial charge on any atom is 0.218 e. The second-order valence-electron chi connectivity index (χ2n) is 12.4. The summed E-state index contributed by atoms with van der Waals surface area (Å²) in [7, 11) is 2.18. The van der Waals surface area contributed by atoms with E-state index >= 15 is 0 Å². The summed E-state index contributed by atoms with van der Waals surface area (Å²) in [5.74, 6) is 1.34. The molecule has 0 radical (unpaired) electrons. The predicted octanol–water partition coefficient (Wildman–Crippen LogP) is 5.17. The number of aryl methyl sites for hydroxylation is 2. The van der Waals surface area contributed by atoms with E-state index in [1.165, 1.54) is 0 Å². The highest BCUT2D eigenvalue weighted by atomic mass is 16.5. The number of hydrogen-bond acceptors (Lipinski definition) is 6. The molecule has 0 spiro atoms. The molecule has 3 rings (SSSR count). The molecule has 2 aromatic heterocycles. The van der Waals surface area contributed by atoms with E-state index in [-0.39, 0.29) is 16.7 Å². The van der Waals surface area contributed by atoms with Crippen LogP contribution in [0.2, 0.25) is 0 Å². The number of rotatable bonds is 16. The van der Waals surface area contributed by atoms with Crippen LogP contribution in [0.5, 0.6) is 0 Å². The zero-order chi connectivity index (χ0) is 27.9. The van der Waals surface area contributed by atoms with E-state index in [0.717, 1.165) is 79.5 Å². The van der Waals surface area contributed by atoms with E-state index in [2.05, 4.69) is 54.4 Å². The first kappa shape index (κ1) is 29.8. The Hall–Kier alpha value is -2.71. The molecule has 38 heavy (non-hydrogen) atoms. The number of nitrogen functional groups attached to an aromatic ring is 1. The van der Waals surface area contributed by atoms with Crippen LogP contribution >= 0.6 is 0 Å². The van der Waals surface area contributed by atoms with Crippen molar-refractivity contribution in [3.63, 3.8) is 0 Å². The van der Waals surface area contributed by atoms with Crippen LogP contribution in [0.15, 0.2) is 24.3 Å². The number of amides is 1. The molecule has 210 valence electrons. The van der Waals surface area contributed by atoms with Crippen LogP contribution in [-0.2, 0) is 22.5 Å². The first-order valence-electron chi connectivity index (χ1n) is 14.0. The smallest absolute Gasteiger partial charge is 0.218 e. The van der Waals surface area contributed by atoms with Crippen molar-refractivity contribution in [2.24, 2.45) is 16.6 Å². The number of carbonyl (C=O) groups is 1. The summed E-state index contributed by atoms with van der Waals surface area (Å²) in [6.07, 6.45) is 5.66. The average Bonchev–Trinajstić information content (AvgIpc) is 3.18. The van der Waals surface area contributed by atoms with Crippen LogP contribution in [-0.4, -0.2) is 58.7 Å². The van der Waals surface area contributed by atoms with Gasteiger partial charge in [-0.25, -0.2) is 9.97 Å². The SMILES string of the molecule is CCCCc1nc2c(N)nc3ccccc3c2n1CCCCN(C)CC(C)(C)COCC(C)(C)CC(N)=O. The van der Waals surface area contributed by atoms with Crippen molar-refractivity contribution < 1.29 is 9.53 Å². The molecule has 2 heterocycles. The molecule has 0 aliphatic rings. The number of imidazole rings is 1. The monoisotopic (exact) mass is 524 g/mol. The molecule has 0 saturated heterocycles. The molecule has 0 atom stereocenters. The number of primary amides is 1. The summed E-state index contributed by atoms with van der Waals surface area (Å²) < 4.78 is 8.40. The van der Waals surface area contributed by atoms with Gasteiger partial charge in [0.2, 0.25) is 5.91 Å². The zero-order valence-corrected chi connectivity index (χ0v) is 24.3. The second kappa shape index (κ2) is 12.9. The third kappa shape index (κ3) is 8.14. The highest BCUT2D eigenvalue weighted by molar-refractivity contribution is 6.06. The quantitative estimate of drug-likeness (QED) is 0.250. The lowest BCUT2D eigenvalue weighted by molar-refractivity contribution is -0.121. The highest BCUT2D eigenvalue weighted by Crippen LogP contribution is 2.30. The number of anilines is 1. The number of pyridine rings is 1. The van der Waals surface area contributed by atoms with E-state index in [4.69, 9.17) is 21.2 Å². The van der Waals surface area contributed by atoms with E-state index < -0.39 is 0 Å². The number of nitrogens with zero attached hydrogens (tertiary/aromatic N) is 4. The topological polar surface area (TPSA) is 112 Å². The van der Waals surface area contributed by atoms with E-state index in [1.807, 2.05) is 26.0 Å². The van der Waals surface area contributed by atoms with Gasteiger partial charge in [0, 0.05) is 36.7 Å². The molecule has 8 heteroatoms. The summed E-state index contributed by atoms with van der Waals surface area (Å²) in [5.41, 5.74) is 14.3. The molecule has 0 unspecified atom stereocenters. The van der Waals surface area contributed by atoms with Crippen molar-refractivity contribution in [2.75, 3.05) is 39.1 Å². The molecular weight excluding hydrogens is 476 g/mol. The van der Waals surface area contributed by atoms with Crippen molar-refractivity contribution in [1.29, 1.82) is 0 Å². The Morgan fingerprint density at radius 2 is 1.76 bits per heavy atom. The fourth-order valence-corrected chi connectivity index (χ4v) is 5.30. The minimum atomic E-state index is -0.285. The molecule has 1 aromatic carbocycles. The Morgan fingerprint density at radius 3 is 2.47 bits per heavy atom. The van der Waals surface area contributed by atoms with Crippen LogP contribution in [0.4, 0.5) is 5.82 Å². The Labute approximate surface area is 228 Å². The molecule has 8 nitrogen and oxygen atoms in total. The Balaban J connectivity index is 1.58. The molecule has 1 amide bonds. The molecule has 0 aliphatic heterocycles. The third-order valence-corrected chi connectivity index (χ3v) is 6.95. The van der Waals surface area contributed by atoms with Gasteiger partial charge in [-0.15, -0.1) is 0 Å². The van der Waals surface area contributed by atoms with Crippen molar-refractivity contribution >= 4 is 33.7 Å². The lowest BCUT2D eigenvalue weighted by Gasteiger charge is -2.32. The van der Waals surface area contributed by atoms with E-state index in [0.29, 0.717) is 25.5 Å². The third-order valence-electron chi connectivity index (χ3n) is 6.95. The van der Waals surface area contributed by atoms with Crippen LogP contribution < -0.4 is 11.5 Å². The molecule has 0 aliphatic carbocycles. The maximum atomic E-state index is 11.3. The number of fused-ring (bicyclic) bond motifs is 3. The van der Waals surface area contributed by atoms with Gasteiger partial charge in [-0.05, 0) is 44.3 Å². The van der Waals surface area contributed by atoms with Crippen LogP contribution in [0.3, 0.4) is 0 Å². The number of unbranched alkanes of at least 4 members (excludes halogenated alkanes) is 2. The van der Waals surface area contributed by atoms with Crippen LogP contribution in [0.25, 0.3) is 21.9 Å². The standard InChI is InChI=1S/C30H48N6O2/c1-7-8-15-25-34-26-27(22-13-9-10-14-23(22)33-28(26)32)36(25)17-12-11-16-35(6)19-30(4,5)21-38-20-29(2,3)18-24(31)37/h9-10,13-14H,7-8,11-12,15-21H2,1-6H3,(H2,31,37)(H2,32,33). The molecular formula is C30H48N6O2. The summed E-state index contributed by atoms with van der Waals surface area (Å²) >= 11 is 0. The van der Waals surface area contributed by atoms with E-state index in [9.17, 15) is 4.79 Å². The number of para-hydroxylation sites is 1. The van der Waals surface area contributed by atoms with Gasteiger partial charge in [0.1, 0.15) is 11.3 Å². The molecule has 0 saturated carbocycles. The van der Waals surface area contributed by atoms with Gasteiger partial charge in [0.15, 0.2) is 5.82 Å². The van der Waals surface area contributed by atoms with Gasteiger partial charge in [-0.3, -0.25) is 4.79 Å². The molecule has 0 fully saturated rings. The summed E-state index contributed by atoms with van der Waals surface area (Å²) in [6, 6.07) is 8.21. The Kier molecular flexibility index (Phi) is 10.1. The van der Waals surface area contributed by atoms with Crippen LogP contribution in [0.1, 0.15) is 72.5 Å². The summed E-state index contributed by atoms with van der Waals surface area (Å²) in [6.45, 7) is 14.7. The minimum absolute atomic E-state index is 0.00880. The number of benzene rings is 1. The number of hydrogen-bond donors (Lipinski definition) is 2. The highest BCUT2D eigenvalue weighted by Gasteiger charge is 2.25. The van der Waals surface area contributed by atoms with Gasteiger partial charge < -0.3 is 25.7 Å². The summed E-state index contributed by atoms with van der Waals surface area (Å²) in [4.78, 5) is 23.2. The normalized spacial score (nSPS) is 12.7. The number of nitrogens with two attached hydrogens (primary N) is 2. The van der Waals surface area contributed by atoms with Gasteiger partial charge in [0.25, 0.3) is 0 Å². The van der Waals surface area contributed by atoms with Crippen LogP contribution in [0, 0.1) is 10.8 Å². The first-order chi connectivity index (χ1) is 17.9. The molecule has 0 bridgehead atoms. The van der Waals surface area contributed by atoms with Gasteiger partial charge >= 0.3 is 0 Å². The second-order valence-corrected chi connectivity index (χ2v) is 12.4. The predicted molar refractivity (Wildman–Crippen MR) is 157 cm³/mol. The van der Waals surface area contributed by atoms with Crippen molar-refractivity contribution in [2.45, 2.75) is 79.7 Å². The molecule has 4 N–H and O–H groups in total. The largest absolute Gasteiger partial charge is 0.382 e. The van der Waals surface area contributed by atoms with Gasteiger partial charge in [-0.1, -0.05) is 59.2 Å².